The van der Waals surface area contributed by atoms with Crippen molar-refractivity contribution in [2.24, 2.45) is 11.7 Å². The number of carbonyl (C=O) groups excluding carboxylic acids is 1. The largest absolute Gasteiger partial charge is 0.508 e. The van der Waals surface area contributed by atoms with Crippen LogP contribution in [-0.4, -0.2) is 25.5 Å². The van der Waals surface area contributed by atoms with Gasteiger partial charge in [-0.05, 0) is 42.2 Å². The minimum atomic E-state index is -2.54. The highest BCUT2D eigenvalue weighted by Gasteiger charge is 2.29. The molecular formula is C16H18BrN5O2. The number of aryl methyl sites for hydroxylation is 1. The predicted octanol–water partition coefficient (Wildman–Crippen LogP) is 2.90. The molecule has 1 atom stereocenters. The van der Waals surface area contributed by atoms with Gasteiger partial charge in [0.1, 0.15) is 27.3 Å². The molecular weight excluding hydrogens is 374 g/mol. The van der Waals surface area contributed by atoms with Gasteiger partial charge in [0.05, 0.1) is 5.69 Å². The molecule has 1 aliphatic carbocycles. The lowest BCUT2D eigenvalue weighted by Crippen LogP contribution is -2.17. The van der Waals surface area contributed by atoms with Crippen molar-refractivity contribution in [2.45, 2.75) is 27.1 Å². The van der Waals surface area contributed by atoms with Crippen LogP contribution < -0.4 is 11.5 Å². The number of nitrogens with two attached hydrogens (primary N) is 2. The Morgan fingerprint density at radius 1 is 1.54 bits per heavy atom. The number of primary amides is 1. The number of halogens is 1. The number of fused-ring (bicyclic) bond motifs is 1. The van der Waals surface area contributed by atoms with Gasteiger partial charge in [-0.25, -0.2) is 9.97 Å². The van der Waals surface area contributed by atoms with E-state index in [1.54, 1.807) is 13.0 Å². The Balaban J connectivity index is 2.47. The van der Waals surface area contributed by atoms with Crippen LogP contribution in [0.15, 0.2) is 22.0 Å². The van der Waals surface area contributed by atoms with Gasteiger partial charge in [0.2, 0.25) is 0 Å². The number of allylic oxidation sites excluding steroid dienone is 3. The van der Waals surface area contributed by atoms with Crippen LogP contribution in [-0.2, 0) is 0 Å². The van der Waals surface area contributed by atoms with E-state index in [0.29, 0.717) is 17.7 Å². The number of hydrogen-bond acceptors (Lipinski definition) is 5. The highest BCUT2D eigenvalue weighted by molar-refractivity contribution is 9.10. The van der Waals surface area contributed by atoms with Gasteiger partial charge in [0.15, 0.2) is 5.65 Å². The molecule has 24 heavy (non-hydrogen) atoms. The van der Waals surface area contributed by atoms with Crippen molar-refractivity contribution in [2.75, 3.05) is 5.73 Å². The van der Waals surface area contributed by atoms with E-state index in [4.69, 9.17) is 15.6 Å². The third kappa shape index (κ3) is 2.29. The summed E-state index contributed by atoms with van der Waals surface area (Å²) in [7, 11) is 0. The molecule has 0 unspecified atom stereocenters. The fourth-order valence-electron chi connectivity index (χ4n) is 3.01. The molecule has 1 aliphatic rings. The van der Waals surface area contributed by atoms with Crippen LogP contribution in [0.3, 0.4) is 0 Å². The number of hydrogen-bond donors (Lipinski definition) is 3. The third-order valence-electron chi connectivity index (χ3n) is 4.17. The Morgan fingerprint density at radius 2 is 2.25 bits per heavy atom. The maximum absolute atomic E-state index is 12.0. The minimum Gasteiger partial charge on any atom is -0.508 e. The molecule has 0 saturated heterocycles. The second-order valence-electron chi connectivity index (χ2n) is 5.73. The first kappa shape index (κ1) is 13.0. The first-order chi connectivity index (χ1) is 12.4. The van der Waals surface area contributed by atoms with E-state index in [-0.39, 0.29) is 44.5 Å². The zero-order valence-corrected chi connectivity index (χ0v) is 14.7. The normalized spacial score (nSPS) is 20.5. The third-order valence-corrected chi connectivity index (χ3v) is 4.72. The predicted molar refractivity (Wildman–Crippen MR) is 96.3 cm³/mol. The van der Waals surface area contributed by atoms with E-state index < -0.39 is 12.8 Å². The van der Waals surface area contributed by atoms with Gasteiger partial charge >= 0.3 is 0 Å². The van der Waals surface area contributed by atoms with Gasteiger partial charge in [-0.1, -0.05) is 6.92 Å². The standard InChI is InChI=1S/C16H18BrN5O2/c1-6-4-5-9(23)7(2)12(6)22-14(18)10(15(19)24)11-16(22)21-13(17)8(3)20-11/h5-6,23H,4,18H2,1-3H3,(H2,19,24)/t6-/m1/s1/i3D3. The molecule has 0 aliphatic heterocycles. The lowest BCUT2D eigenvalue weighted by molar-refractivity contribution is 0.100. The SMILES string of the molecule is [2H]C([2H])([2H])c1nc2c(C(N)=O)c(N)n(C3=C(C)C(O)=CC[C@H]3C)c2nc1Br. The van der Waals surface area contributed by atoms with E-state index in [9.17, 15) is 9.90 Å². The maximum atomic E-state index is 12.0. The Labute approximate surface area is 151 Å². The second-order valence-corrected chi connectivity index (χ2v) is 6.48. The van der Waals surface area contributed by atoms with Crippen molar-refractivity contribution in [1.29, 1.82) is 0 Å². The molecule has 0 bridgehead atoms. The maximum Gasteiger partial charge on any atom is 0.254 e. The Morgan fingerprint density at radius 3 is 2.88 bits per heavy atom. The zero-order chi connectivity index (χ0) is 20.3. The quantitative estimate of drug-likeness (QED) is 0.722. The monoisotopic (exact) mass is 394 g/mol. The topological polar surface area (TPSA) is 120 Å². The summed E-state index contributed by atoms with van der Waals surface area (Å²) < 4.78 is 24.4. The van der Waals surface area contributed by atoms with Crippen LogP contribution in [0.25, 0.3) is 16.9 Å². The zero-order valence-electron chi connectivity index (χ0n) is 16.1. The molecule has 0 radical (unpaired) electrons. The summed E-state index contributed by atoms with van der Waals surface area (Å²) in [5.74, 6) is -0.771. The summed E-state index contributed by atoms with van der Waals surface area (Å²) in [6.45, 7) is 1.13. The van der Waals surface area contributed by atoms with Gasteiger partial charge in [-0.15, -0.1) is 0 Å². The van der Waals surface area contributed by atoms with Gasteiger partial charge in [-0.2, -0.15) is 0 Å². The number of aliphatic hydroxyl groups is 1. The summed E-state index contributed by atoms with van der Waals surface area (Å²) in [4.78, 5) is 20.5. The number of carbonyl (C=O) groups is 1. The average Bonchev–Trinajstić information content (AvgIpc) is 2.82. The molecule has 2 aromatic heterocycles. The number of amides is 1. The van der Waals surface area contributed by atoms with Crippen molar-refractivity contribution >= 4 is 44.5 Å². The Hall–Kier alpha value is -2.35. The first-order valence-electron chi connectivity index (χ1n) is 8.73. The van der Waals surface area contributed by atoms with E-state index in [2.05, 4.69) is 25.9 Å². The molecule has 5 N–H and O–H groups in total. The van der Waals surface area contributed by atoms with Crippen molar-refractivity contribution < 1.29 is 14.0 Å². The number of aromatic nitrogens is 3. The van der Waals surface area contributed by atoms with Crippen LogP contribution in [0.5, 0.6) is 0 Å². The molecule has 0 saturated carbocycles. The lowest BCUT2D eigenvalue weighted by Gasteiger charge is -2.24. The number of aliphatic hydroxyl groups excluding tert-OH is 1. The number of anilines is 1. The summed E-state index contributed by atoms with van der Waals surface area (Å²) in [6.07, 6.45) is 2.26. The summed E-state index contributed by atoms with van der Waals surface area (Å²) in [5.41, 5.74) is 12.7. The van der Waals surface area contributed by atoms with Gasteiger partial charge in [-0.3, -0.25) is 9.36 Å². The lowest BCUT2D eigenvalue weighted by atomic mass is 9.93. The van der Waals surface area contributed by atoms with Crippen LogP contribution in [0.1, 0.15) is 40.4 Å². The number of nitrogens with zero attached hydrogens (tertiary/aromatic N) is 3. The smallest absolute Gasteiger partial charge is 0.254 e. The molecule has 3 rings (SSSR count). The molecule has 0 spiro atoms. The highest BCUT2D eigenvalue weighted by atomic mass is 79.9. The van der Waals surface area contributed by atoms with Crippen LogP contribution in [0.2, 0.25) is 0 Å². The fourth-order valence-corrected chi connectivity index (χ4v) is 3.26. The van der Waals surface area contributed by atoms with E-state index in [0.717, 1.165) is 0 Å². The first-order valence-corrected chi connectivity index (χ1v) is 8.02. The van der Waals surface area contributed by atoms with Crippen molar-refractivity contribution in [3.63, 3.8) is 0 Å². The molecule has 7 nitrogen and oxygen atoms in total. The molecule has 8 heteroatoms. The van der Waals surface area contributed by atoms with Gasteiger partial charge in [0, 0.05) is 21.3 Å². The van der Waals surface area contributed by atoms with Crippen LogP contribution in [0.4, 0.5) is 5.82 Å². The molecule has 2 aromatic rings. The van der Waals surface area contributed by atoms with Crippen molar-refractivity contribution in [3.8, 4) is 0 Å². The number of nitrogen functional groups attached to an aromatic ring is 1. The molecule has 1 amide bonds. The van der Waals surface area contributed by atoms with Gasteiger partial charge in [0.25, 0.3) is 5.91 Å². The van der Waals surface area contributed by atoms with E-state index >= 15 is 0 Å². The van der Waals surface area contributed by atoms with Crippen molar-refractivity contribution in [3.05, 3.63) is 33.3 Å². The molecule has 126 valence electrons. The van der Waals surface area contributed by atoms with E-state index in [1.807, 2.05) is 6.92 Å². The molecule has 2 heterocycles. The number of rotatable bonds is 2. The van der Waals surface area contributed by atoms with Crippen molar-refractivity contribution in [1.82, 2.24) is 14.5 Å². The molecule has 0 fully saturated rings. The Bertz CT molecular complexity index is 1040. The van der Waals surface area contributed by atoms with Crippen LogP contribution in [0, 0.1) is 12.8 Å². The van der Waals surface area contributed by atoms with Gasteiger partial charge < -0.3 is 16.6 Å². The minimum absolute atomic E-state index is 0.00277. The summed E-state index contributed by atoms with van der Waals surface area (Å²) >= 11 is 3.14. The molecule has 0 aromatic carbocycles. The summed E-state index contributed by atoms with van der Waals surface area (Å²) in [6, 6.07) is 0. The second kappa shape index (κ2) is 5.62. The Kier molecular flexibility index (Phi) is 3.05. The van der Waals surface area contributed by atoms with E-state index in [1.165, 1.54) is 4.57 Å². The average molecular weight is 395 g/mol. The highest BCUT2D eigenvalue weighted by Crippen LogP contribution is 2.38. The van der Waals surface area contributed by atoms with Crippen LogP contribution >= 0.6 is 15.9 Å². The fraction of sp³-hybridized carbons (Fsp3) is 0.312. The summed E-state index contributed by atoms with van der Waals surface area (Å²) in [5, 5.41) is 10.1.